The van der Waals surface area contributed by atoms with Crippen LogP contribution in [-0.4, -0.2) is 12.9 Å². The number of rotatable bonds is 6. The molecule has 0 radical (unpaired) electrons. The maximum absolute atomic E-state index is 10.8. The summed E-state index contributed by atoms with van der Waals surface area (Å²) in [5.74, 6) is 1.23. The lowest BCUT2D eigenvalue weighted by atomic mass is 10.0. The number of hydrogen-bond donors (Lipinski definition) is 0. The van der Waals surface area contributed by atoms with Gasteiger partial charge in [0.1, 0.15) is 11.5 Å². The molecule has 1 aromatic rings. The van der Waals surface area contributed by atoms with Crippen molar-refractivity contribution < 1.29 is 9.53 Å². The SMILES string of the molecule is COc1ccc(C)cc1CCCCC(C)=O. The molecule has 0 saturated heterocycles. The predicted octanol–water partition coefficient (Wildman–Crippen LogP) is 3.31. The van der Waals surface area contributed by atoms with Gasteiger partial charge in [0.15, 0.2) is 0 Å². The van der Waals surface area contributed by atoms with Crippen LogP contribution in [0.4, 0.5) is 0 Å². The summed E-state index contributed by atoms with van der Waals surface area (Å²) in [4.78, 5) is 10.8. The third kappa shape index (κ3) is 4.05. The molecule has 0 saturated carbocycles. The van der Waals surface area contributed by atoms with Crippen molar-refractivity contribution in [2.45, 2.75) is 39.5 Å². The number of unbranched alkanes of at least 4 members (excludes halogenated alkanes) is 1. The van der Waals surface area contributed by atoms with Crippen LogP contribution >= 0.6 is 0 Å². The highest BCUT2D eigenvalue weighted by molar-refractivity contribution is 5.75. The van der Waals surface area contributed by atoms with Crippen molar-refractivity contribution in [1.82, 2.24) is 0 Å². The zero-order valence-corrected chi connectivity index (χ0v) is 10.4. The lowest BCUT2D eigenvalue weighted by Gasteiger charge is -2.09. The van der Waals surface area contributed by atoms with Crippen molar-refractivity contribution in [3.63, 3.8) is 0 Å². The third-order valence-electron chi connectivity index (χ3n) is 2.66. The molecule has 0 aromatic heterocycles. The molecule has 88 valence electrons. The van der Waals surface area contributed by atoms with Crippen molar-refractivity contribution in [3.05, 3.63) is 29.3 Å². The quantitative estimate of drug-likeness (QED) is 0.687. The van der Waals surface area contributed by atoms with Gasteiger partial charge in [-0.15, -0.1) is 0 Å². The highest BCUT2D eigenvalue weighted by Gasteiger charge is 2.03. The lowest BCUT2D eigenvalue weighted by molar-refractivity contribution is -0.117. The fourth-order valence-electron chi connectivity index (χ4n) is 1.79. The van der Waals surface area contributed by atoms with Gasteiger partial charge in [0.25, 0.3) is 0 Å². The van der Waals surface area contributed by atoms with E-state index in [-0.39, 0.29) is 5.78 Å². The summed E-state index contributed by atoms with van der Waals surface area (Å²) < 4.78 is 5.31. The highest BCUT2D eigenvalue weighted by atomic mass is 16.5. The van der Waals surface area contributed by atoms with E-state index in [0.29, 0.717) is 6.42 Å². The van der Waals surface area contributed by atoms with Crippen LogP contribution in [0.3, 0.4) is 0 Å². The van der Waals surface area contributed by atoms with Gasteiger partial charge in [-0.25, -0.2) is 0 Å². The topological polar surface area (TPSA) is 26.3 Å². The fraction of sp³-hybridized carbons (Fsp3) is 0.500. The van der Waals surface area contributed by atoms with Crippen molar-refractivity contribution >= 4 is 5.78 Å². The maximum Gasteiger partial charge on any atom is 0.129 e. The van der Waals surface area contributed by atoms with E-state index in [9.17, 15) is 4.79 Å². The Hall–Kier alpha value is -1.31. The molecule has 0 unspecified atom stereocenters. The van der Waals surface area contributed by atoms with Crippen molar-refractivity contribution in [2.75, 3.05) is 7.11 Å². The average molecular weight is 220 g/mol. The summed E-state index contributed by atoms with van der Waals surface area (Å²) in [6.45, 7) is 3.73. The molecule has 2 heteroatoms. The molecule has 1 rings (SSSR count). The number of hydrogen-bond acceptors (Lipinski definition) is 2. The molecule has 2 nitrogen and oxygen atoms in total. The molecule has 0 aliphatic carbocycles. The molecular formula is C14H20O2. The monoisotopic (exact) mass is 220 g/mol. The number of benzene rings is 1. The van der Waals surface area contributed by atoms with E-state index in [2.05, 4.69) is 19.1 Å². The molecule has 0 aliphatic rings. The normalized spacial score (nSPS) is 10.2. The van der Waals surface area contributed by atoms with E-state index >= 15 is 0 Å². The number of ether oxygens (including phenoxy) is 1. The van der Waals surface area contributed by atoms with E-state index < -0.39 is 0 Å². The Bertz CT molecular complexity index is 356. The number of ketones is 1. The number of carbonyl (C=O) groups excluding carboxylic acids is 1. The molecule has 0 aliphatic heterocycles. The summed E-state index contributed by atoms with van der Waals surface area (Å²) >= 11 is 0. The highest BCUT2D eigenvalue weighted by Crippen LogP contribution is 2.21. The molecule has 0 atom stereocenters. The minimum Gasteiger partial charge on any atom is -0.496 e. The molecular weight excluding hydrogens is 200 g/mol. The molecule has 0 N–H and O–H groups in total. The van der Waals surface area contributed by atoms with Gasteiger partial charge in [-0.2, -0.15) is 0 Å². The second-order valence-corrected chi connectivity index (χ2v) is 4.22. The molecule has 0 amide bonds. The van der Waals surface area contributed by atoms with E-state index in [4.69, 9.17) is 4.74 Å². The molecule has 1 aromatic carbocycles. The Labute approximate surface area is 97.6 Å². The zero-order valence-electron chi connectivity index (χ0n) is 10.4. The first kappa shape index (κ1) is 12.8. The summed E-state index contributed by atoms with van der Waals surface area (Å²) in [6.07, 6.45) is 3.68. The number of methoxy groups -OCH3 is 1. The van der Waals surface area contributed by atoms with Crippen LogP contribution < -0.4 is 4.74 Å². The Morgan fingerprint density at radius 2 is 2.06 bits per heavy atom. The van der Waals surface area contributed by atoms with Crippen LogP contribution in [0.5, 0.6) is 5.75 Å². The van der Waals surface area contributed by atoms with Crippen molar-refractivity contribution in [1.29, 1.82) is 0 Å². The summed E-state index contributed by atoms with van der Waals surface area (Å²) in [7, 11) is 1.70. The van der Waals surface area contributed by atoms with Gasteiger partial charge in [0.2, 0.25) is 0 Å². The van der Waals surface area contributed by atoms with Crippen LogP contribution in [0.1, 0.15) is 37.3 Å². The van der Waals surface area contributed by atoms with Crippen LogP contribution in [0.15, 0.2) is 18.2 Å². The number of carbonyl (C=O) groups is 1. The minimum atomic E-state index is 0.274. The van der Waals surface area contributed by atoms with Gasteiger partial charge in [0.05, 0.1) is 7.11 Å². The van der Waals surface area contributed by atoms with E-state index in [1.807, 2.05) is 6.07 Å². The first-order chi connectivity index (χ1) is 7.63. The predicted molar refractivity (Wildman–Crippen MR) is 66.0 cm³/mol. The van der Waals surface area contributed by atoms with Crippen molar-refractivity contribution in [2.24, 2.45) is 0 Å². The van der Waals surface area contributed by atoms with Gasteiger partial charge in [-0.3, -0.25) is 0 Å². The van der Waals surface area contributed by atoms with E-state index in [1.165, 1.54) is 11.1 Å². The lowest BCUT2D eigenvalue weighted by Crippen LogP contribution is -1.95. The minimum absolute atomic E-state index is 0.274. The molecule has 16 heavy (non-hydrogen) atoms. The number of aryl methyl sites for hydroxylation is 2. The Morgan fingerprint density at radius 1 is 1.31 bits per heavy atom. The fourth-order valence-corrected chi connectivity index (χ4v) is 1.79. The second kappa shape index (κ2) is 6.31. The number of Topliss-reactive ketones (excluding diaryl/α,β-unsaturated/α-hetero) is 1. The first-order valence-corrected chi connectivity index (χ1v) is 5.76. The summed E-state index contributed by atoms with van der Waals surface area (Å²) in [5, 5.41) is 0. The standard InChI is InChI=1S/C14H20O2/c1-11-8-9-14(16-3)13(10-11)7-5-4-6-12(2)15/h8-10H,4-7H2,1-3H3. The average Bonchev–Trinajstić information content (AvgIpc) is 2.24. The van der Waals surface area contributed by atoms with Crippen LogP contribution in [0.25, 0.3) is 0 Å². The molecule has 0 bridgehead atoms. The Morgan fingerprint density at radius 3 is 2.69 bits per heavy atom. The zero-order chi connectivity index (χ0) is 12.0. The summed E-state index contributed by atoms with van der Waals surface area (Å²) in [5.41, 5.74) is 2.49. The summed E-state index contributed by atoms with van der Waals surface area (Å²) in [6, 6.07) is 6.22. The largest absolute Gasteiger partial charge is 0.496 e. The molecule has 0 spiro atoms. The smallest absolute Gasteiger partial charge is 0.129 e. The van der Waals surface area contributed by atoms with Crippen LogP contribution in [-0.2, 0) is 11.2 Å². The Kier molecular flexibility index (Phi) is 5.03. The Balaban J connectivity index is 2.51. The first-order valence-electron chi connectivity index (χ1n) is 5.76. The van der Waals surface area contributed by atoms with Gasteiger partial charge in [0, 0.05) is 6.42 Å². The third-order valence-corrected chi connectivity index (χ3v) is 2.66. The van der Waals surface area contributed by atoms with Crippen LogP contribution in [0.2, 0.25) is 0 Å². The maximum atomic E-state index is 10.8. The second-order valence-electron chi connectivity index (χ2n) is 4.22. The van der Waals surface area contributed by atoms with Gasteiger partial charge >= 0.3 is 0 Å². The van der Waals surface area contributed by atoms with Crippen molar-refractivity contribution in [3.8, 4) is 5.75 Å². The van der Waals surface area contributed by atoms with Crippen LogP contribution in [0, 0.1) is 6.92 Å². The molecule has 0 fully saturated rings. The van der Waals surface area contributed by atoms with Gasteiger partial charge in [-0.05, 0) is 44.7 Å². The van der Waals surface area contributed by atoms with E-state index in [0.717, 1.165) is 25.0 Å². The van der Waals surface area contributed by atoms with E-state index in [1.54, 1.807) is 14.0 Å². The molecule has 0 heterocycles. The van der Waals surface area contributed by atoms with Gasteiger partial charge < -0.3 is 9.53 Å². The van der Waals surface area contributed by atoms with Gasteiger partial charge in [-0.1, -0.05) is 17.7 Å².